The lowest BCUT2D eigenvalue weighted by molar-refractivity contribution is -0.0935. The van der Waals surface area contributed by atoms with Crippen molar-refractivity contribution >= 4 is 17.3 Å². The van der Waals surface area contributed by atoms with E-state index in [4.69, 9.17) is 25.6 Å². The minimum Gasteiger partial charge on any atom is -0.454 e. The van der Waals surface area contributed by atoms with E-state index in [1.807, 2.05) is 132 Å². The molecule has 0 spiro atoms. The molecule has 1 aliphatic heterocycles. The van der Waals surface area contributed by atoms with E-state index in [0.717, 1.165) is 33.5 Å². The topological polar surface area (TPSA) is 34.8 Å². The second-order valence-corrected chi connectivity index (χ2v) is 10.3. The lowest BCUT2D eigenvalue weighted by Gasteiger charge is -2.32. The molecule has 0 radical (unpaired) electrons. The highest BCUT2D eigenvalue weighted by Gasteiger charge is 2.41. The normalized spacial score (nSPS) is 16.5. The van der Waals surface area contributed by atoms with Crippen LogP contribution in [0.1, 0.15) is 29.0 Å². The summed E-state index contributed by atoms with van der Waals surface area (Å²) in [6.07, 6.45) is -0.747. The third-order valence-corrected chi connectivity index (χ3v) is 7.40. The van der Waals surface area contributed by atoms with E-state index in [2.05, 4.69) is 18.2 Å². The van der Waals surface area contributed by atoms with Gasteiger partial charge in [-0.2, -0.15) is 0 Å². The fraction of sp³-hybridized carbons (Fsp3) is 0.0556. The molecule has 0 saturated heterocycles. The molecule has 0 fully saturated rings. The van der Waals surface area contributed by atoms with Crippen LogP contribution in [0.4, 0.5) is 5.69 Å². The van der Waals surface area contributed by atoms with Crippen LogP contribution < -0.4 is 9.80 Å². The summed E-state index contributed by atoms with van der Waals surface area (Å²) >= 11 is 6.59. The van der Waals surface area contributed by atoms with Crippen molar-refractivity contribution in [2.24, 2.45) is 0 Å². The fourth-order valence-corrected chi connectivity index (χ4v) is 5.49. The molecule has 7 rings (SSSR count). The standard InChI is InChI=1S/C36H26ClNO3/c37-29-21-13-20-28(24-29)32-31-33(25-14-5-1-6-15-25)39-34(26-16-7-2-8-17-26)35(31)40-36(27-18-9-3-10-19-27)41-38(32)30-22-11-4-12-23-30/h1-24,32,36H/t32-,36+/m1/s1. The molecule has 5 heteroatoms. The maximum atomic E-state index is 6.87. The van der Waals surface area contributed by atoms with Gasteiger partial charge in [0.05, 0.1) is 11.3 Å². The first-order chi connectivity index (χ1) is 20.3. The summed E-state index contributed by atoms with van der Waals surface area (Å²) in [7, 11) is 0. The van der Waals surface area contributed by atoms with Crippen LogP contribution >= 0.6 is 11.6 Å². The molecule has 5 aromatic carbocycles. The van der Waals surface area contributed by atoms with Gasteiger partial charge >= 0.3 is 0 Å². The molecule has 4 nitrogen and oxygen atoms in total. The molecule has 1 aromatic heterocycles. The predicted octanol–water partition coefficient (Wildman–Crippen LogP) is 9.89. The van der Waals surface area contributed by atoms with Crippen molar-refractivity contribution in [1.82, 2.24) is 0 Å². The molecule has 0 aliphatic carbocycles. The van der Waals surface area contributed by atoms with Crippen molar-refractivity contribution in [1.29, 1.82) is 0 Å². The van der Waals surface area contributed by atoms with Crippen LogP contribution in [0.25, 0.3) is 22.6 Å². The van der Waals surface area contributed by atoms with E-state index in [0.29, 0.717) is 22.3 Å². The smallest absolute Gasteiger partial charge is 0.250 e. The van der Waals surface area contributed by atoms with Crippen LogP contribution in [-0.2, 0) is 4.84 Å². The number of halogens is 1. The number of rotatable bonds is 5. The largest absolute Gasteiger partial charge is 0.454 e. The second kappa shape index (κ2) is 11.0. The van der Waals surface area contributed by atoms with Gasteiger partial charge in [-0.25, -0.2) is 9.90 Å². The molecule has 200 valence electrons. The zero-order valence-electron chi connectivity index (χ0n) is 22.1. The summed E-state index contributed by atoms with van der Waals surface area (Å²) in [5.74, 6) is 1.99. The SMILES string of the molecule is Clc1cccc([C@@H]2c3c(-c4ccccc4)oc(-c4ccccc4)c3O[C@H](c3ccccc3)ON2c2ccccc2)c1. The highest BCUT2D eigenvalue weighted by molar-refractivity contribution is 6.30. The number of ether oxygens (including phenoxy) is 1. The van der Waals surface area contributed by atoms with Crippen molar-refractivity contribution in [2.45, 2.75) is 12.3 Å². The van der Waals surface area contributed by atoms with E-state index in [-0.39, 0.29) is 0 Å². The van der Waals surface area contributed by atoms with Gasteiger partial charge in [-0.15, -0.1) is 0 Å². The second-order valence-electron chi connectivity index (χ2n) is 9.82. The highest BCUT2D eigenvalue weighted by atomic mass is 35.5. The van der Waals surface area contributed by atoms with Crippen molar-refractivity contribution in [3.05, 3.63) is 167 Å². The van der Waals surface area contributed by atoms with Crippen LogP contribution in [0.3, 0.4) is 0 Å². The Morgan fingerprint density at radius 3 is 1.76 bits per heavy atom. The Balaban J connectivity index is 1.56. The van der Waals surface area contributed by atoms with Crippen molar-refractivity contribution in [2.75, 3.05) is 5.06 Å². The Labute approximate surface area is 243 Å². The van der Waals surface area contributed by atoms with E-state index in [9.17, 15) is 0 Å². The molecule has 0 unspecified atom stereocenters. The molecular weight excluding hydrogens is 530 g/mol. The number of para-hydroxylation sites is 1. The summed E-state index contributed by atoms with van der Waals surface area (Å²) in [5.41, 5.74) is 5.41. The third-order valence-electron chi connectivity index (χ3n) is 7.16. The van der Waals surface area contributed by atoms with Crippen LogP contribution in [0.5, 0.6) is 5.75 Å². The lowest BCUT2D eigenvalue weighted by Crippen LogP contribution is -2.30. The number of fused-ring (bicyclic) bond motifs is 1. The summed E-state index contributed by atoms with van der Waals surface area (Å²) < 4.78 is 13.7. The molecule has 0 N–H and O–H groups in total. The lowest BCUT2D eigenvalue weighted by atomic mass is 9.94. The number of anilines is 1. The van der Waals surface area contributed by atoms with E-state index in [1.165, 1.54) is 0 Å². The van der Waals surface area contributed by atoms with Gasteiger partial charge in [0.1, 0.15) is 11.8 Å². The number of hydroxylamine groups is 1. The Hall–Kier alpha value is -4.77. The zero-order valence-corrected chi connectivity index (χ0v) is 22.8. The number of benzene rings is 5. The number of hydrogen-bond donors (Lipinski definition) is 0. The quantitative estimate of drug-likeness (QED) is 0.212. The Bertz CT molecular complexity index is 1760. The first-order valence-electron chi connectivity index (χ1n) is 13.5. The first kappa shape index (κ1) is 25.2. The van der Waals surface area contributed by atoms with Gasteiger partial charge in [0.15, 0.2) is 11.5 Å². The van der Waals surface area contributed by atoms with Crippen LogP contribution in [0.15, 0.2) is 150 Å². The Morgan fingerprint density at radius 2 is 1.12 bits per heavy atom. The molecule has 2 atom stereocenters. The van der Waals surface area contributed by atoms with Crippen LogP contribution in [0.2, 0.25) is 5.02 Å². The molecular formula is C36H26ClNO3. The van der Waals surface area contributed by atoms with Gasteiger partial charge in [-0.3, -0.25) is 0 Å². The highest BCUT2D eigenvalue weighted by Crippen LogP contribution is 2.53. The minimum absolute atomic E-state index is 0.448. The molecule has 0 amide bonds. The third kappa shape index (κ3) is 4.89. The first-order valence-corrected chi connectivity index (χ1v) is 13.9. The Morgan fingerprint density at radius 1 is 0.561 bits per heavy atom. The van der Waals surface area contributed by atoms with Gasteiger partial charge in [-0.1, -0.05) is 133 Å². The molecule has 0 bridgehead atoms. The molecule has 0 saturated carbocycles. The van der Waals surface area contributed by atoms with Gasteiger partial charge in [-0.05, 0) is 29.8 Å². The minimum atomic E-state index is -0.747. The van der Waals surface area contributed by atoms with E-state index < -0.39 is 12.3 Å². The fourth-order valence-electron chi connectivity index (χ4n) is 5.29. The molecule has 6 aromatic rings. The van der Waals surface area contributed by atoms with Gasteiger partial charge in [0.25, 0.3) is 0 Å². The monoisotopic (exact) mass is 555 g/mol. The van der Waals surface area contributed by atoms with Crippen molar-refractivity contribution < 1.29 is 14.0 Å². The number of hydrogen-bond acceptors (Lipinski definition) is 4. The van der Waals surface area contributed by atoms with Gasteiger partial charge in [0.2, 0.25) is 6.29 Å². The van der Waals surface area contributed by atoms with Crippen molar-refractivity contribution in [3.8, 4) is 28.4 Å². The van der Waals surface area contributed by atoms with E-state index >= 15 is 0 Å². The van der Waals surface area contributed by atoms with Crippen LogP contribution in [0, 0.1) is 0 Å². The van der Waals surface area contributed by atoms with Crippen molar-refractivity contribution in [3.63, 3.8) is 0 Å². The maximum Gasteiger partial charge on any atom is 0.250 e. The van der Waals surface area contributed by atoms with Crippen LogP contribution in [-0.4, -0.2) is 0 Å². The summed E-state index contributed by atoms with van der Waals surface area (Å²) in [4.78, 5) is 6.84. The average molecular weight is 556 g/mol. The summed E-state index contributed by atoms with van der Waals surface area (Å²) in [6.45, 7) is 0. The summed E-state index contributed by atoms with van der Waals surface area (Å²) in [5, 5.41) is 2.56. The number of furan rings is 1. The molecule has 1 aliphatic rings. The van der Waals surface area contributed by atoms with E-state index in [1.54, 1.807) is 0 Å². The van der Waals surface area contributed by atoms with Gasteiger partial charge in [0, 0.05) is 21.7 Å². The molecule has 41 heavy (non-hydrogen) atoms. The maximum absolute atomic E-state index is 6.87. The number of nitrogens with zero attached hydrogens (tertiary/aromatic N) is 1. The zero-order chi connectivity index (χ0) is 27.6. The van der Waals surface area contributed by atoms with Gasteiger partial charge < -0.3 is 9.15 Å². The molecule has 2 heterocycles. The summed E-state index contributed by atoms with van der Waals surface area (Å²) in [6, 6.07) is 47.6. The Kier molecular flexibility index (Phi) is 6.77. The predicted molar refractivity (Wildman–Crippen MR) is 163 cm³/mol. The average Bonchev–Trinajstić information content (AvgIpc) is 3.30.